The molecular formula is C6H10N2O. The number of nitrogens with two attached hydrogens (primary N) is 2. The summed E-state index contributed by atoms with van der Waals surface area (Å²) in [5.41, 5.74) is 11.5. The molecule has 0 aliphatic carbocycles. The third-order valence-electron chi connectivity index (χ3n) is 1.27. The van der Waals surface area contributed by atoms with Crippen molar-refractivity contribution in [1.29, 1.82) is 0 Å². The van der Waals surface area contributed by atoms with Crippen LogP contribution in [0.1, 0.15) is 6.92 Å². The Morgan fingerprint density at radius 2 is 2.22 bits per heavy atom. The van der Waals surface area contributed by atoms with E-state index in [4.69, 9.17) is 16.2 Å². The molecule has 9 heavy (non-hydrogen) atoms. The van der Waals surface area contributed by atoms with E-state index in [1.165, 1.54) is 6.26 Å². The average molecular weight is 126 g/mol. The minimum absolute atomic E-state index is 0.207. The summed E-state index contributed by atoms with van der Waals surface area (Å²) in [5, 5.41) is 0. The fraction of sp³-hybridized carbons (Fsp3) is 0.333. The summed E-state index contributed by atoms with van der Waals surface area (Å²) < 4.78 is 4.81. The van der Waals surface area contributed by atoms with Gasteiger partial charge in [-0.25, -0.2) is 0 Å². The molecular weight excluding hydrogens is 116 g/mol. The largest absolute Gasteiger partial charge is 0.448 e. The second kappa shape index (κ2) is 2.01. The first kappa shape index (κ1) is 6.01. The Morgan fingerprint density at radius 3 is 2.67 bits per heavy atom. The SMILES string of the molecule is CC1C=C(N)OC=C1N. The minimum atomic E-state index is 0.207. The first-order valence-electron chi connectivity index (χ1n) is 2.79. The molecule has 1 atom stereocenters. The van der Waals surface area contributed by atoms with Gasteiger partial charge in [-0.2, -0.15) is 0 Å². The molecule has 1 aliphatic rings. The van der Waals surface area contributed by atoms with Crippen LogP contribution in [0.15, 0.2) is 23.9 Å². The van der Waals surface area contributed by atoms with Gasteiger partial charge in [-0.15, -0.1) is 0 Å². The fourth-order valence-corrected chi connectivity index (χ4v) is 0.625. The molecule has 3 nitrogen and oxygen atoms in total. The molecule has 0 aromatic rings. The molecule has 0 fully saturated rings. The van der Waals surface area contributed by atoms with Crippen molar-refractivity contribution in [3.63, 3.8) is 0 Å². The maximum atomic E-state index is 5.48. The van der Waals surface area contributed by atoms with E-state index < -0.39 is 0 Å². The summed E-state index contributed by atoms with van der Waals surface area (Å²) in [6.45, 7) is 1.96. The van der Waals surface area contributed by atoms with Crippen molar-refractivity contribution in [2.24, 2.45) is 17.4 Å². The Hall–Kier alpha value is -1.12. The molecule has 0 amide bonds. The zero-order chi connectivity index (χ0) is 6.85. The van der Waals surface area contributed by atoms with Crippen LogP contribution in [0.4, 0.5) is 0 Å². The van der Waals surface area contributed by atoms with E-state index in [0.717, 1.165) is 0 Å². The molecule has 0 saturated heterocycles. The first-order valence-corrected chi connectivity index (χ1v) is 2.79. The first-order chi connectivity index (χ1) is 4.20. The van der Waals surface area contributed by atoms with Crippen LogP contribution in [0.5, 0.6) is 0 Å². The van der Waals surface area contributed by atoms with Crippen molar-refractivity contribution in [1.82, 2.24) is 0 Å². The lowest BCUT2D eigenvalue weighted by Crippen LogP contribution is -2.15. The summed E-state index contributed by atoms with van der Waals surface area (Å²) in [6, 6.07) is 0. The Bertz CT molecular complexity index is 172. The summed E-state index contributed by atoms with van der Waals surface area (Å²) in [6.07, 6.45) is 3.25. The van der Waals surface area contributed by atoms with Crippen molar-refractivity contribution in [3.05, 3.63) is 23.9 Å². The number of hydrogen-bond donors (Lipinski definition) is 2. The van der Waals surface area contributed by atoms with Gasteiger partial charge in [0.05, 0.1) is 5.70 Å². The quantitative estimate of drug-likeness (QED) is 0.489. The van der Waals surface area contributed by atoms with E-state index in [-0.39, 0.29) is 5.92 Å². The zero-order valence-electron chi connectivity index (χ0n) is 5.29. The van der Waals surface area contributed by atoms with E-state index >= 15 is 0 Å². The van der Waals surface area contributed by atoms with Gasteiger partial charge < -0.3 is 16.2 Å². The van der Waals surface area contributed by atoms with Crippen molar-refractivity contribution < 1.29 is 4.74 Å². The summed E-state index contributed by atoms with van der Waals surface area (Å²) >= 11 is 0. The van der Waals surface area contributed by atoms with Crippen molar-refractivity contribution in [2.45, 2.75) is 6.92 Å². The molecule has 1 heterocycles. The molecule has 1 aliphatic heterocycles. The Kier molecular flexibility index (Phi) is 1.34. The third kappa shape index (κ3) is 1.16. The van der Waals surface area contributed by atoms with Crippen LogP contribution in [-0.4, -0.2) is 0 Å². The molecule has 0 aromatic carbocycles. The summed E-state index contributed by atoms with van der Waals surface area (Å²) in [5.74, 6) is 0.635. The Balaban J connectivity index is 2.70. The van der Waals surface area contributed by atoms with Crippen LogP contribution in [0.25, 0.3) is 0 Å². The standard InChI is InChI=1S/C6H10N2O/c1-4-2-6(8)9-3-5(4)7/h2-4H,7-8H2,1H3. The Labute approximate surface area is 54.0 Å². The molecule has 4 N–H and O–H groups in total. The zero-order valence-corrected chi connectivity index (χ0v) is 5.29. The topological polar surface area (TPSA) is 61.3 Å². The van der Waals surface area contributed by atoms with E-state index in [1.807, 2.05) is 6.92 Å². The molecule has 50 valence electrons. The number of hydrogen-bond acceptors (Lipinski definition) is 3. The second-order valence-electron chi connectivity index (χ2n) is 2.09. The summed E-state index contributed by atoms with van der Waals surface area (Å²) in [7, 11) is 0. The molecule has 1 rings (SSSR count). The summed E-state index contributed by atoms with van der Waals surface area (Å²) in [4.78, 5) is 0. The predicted octanol–water partition coefficient (Wildman–Crippen LogP) is 0.253. The van der Waals surface area contributed by atoms with E-state index in [1.54, 1.807) is 6.08 Å². The highest BCUT2D eigenvalue weighted by molar-refractivity contribution is 5.12. The number of rotatable bonds is 0. The van der Waals surface area contributed by atoms with Crippen molar-refractivity contribution in [3.8, 4) is 0 Å². The lowest BCUT2D eigenvalue weighted by molar-refractivity contribution is 0.322. The van der Waals surface area contributed by atoms with Gasteiger partial charge in [0.15, 0.2) is 5.88 Å². The smallest absolute Gasteiger partial charge is 0.186 e. The van der Waals surface area contributed by atoms with Crippen LogP contribution in [-0.2, 0) is 4.74 Å². The van der Waals surface area contributed by atoms with Gasteiger partial charge >= 0.3 is 0 Å². The number of allylic oxidation sites excluding steroid dienone is 1. The van der Waals surface area contributed by atoms with E-state index in [0.29, 0.717) is 11.6 Å². The normalized spacial score (nSPS) is 26.1. The maximum absolute atomic E-state index is 5.48. The monoisotopic (exact) mass is 126 g/mol. The number of ether oxygens (including phenoxy) is 1. The molecule has 0 radical (unpaired) electrons. The van der Waals surface area contributed by atoms with Gasteiger partial charge in [0.2, 0.25) is 0 Å². The fourth-order valence-electron chi connectivity index (χ4n) is 0.625. The van der Waals surface area contributed by atoms with Crippen LogP contribution in [0.3, 0.4) is 0 Å². The van der Waals surface area contributed by atoms with E-state index in [9.17, 15) is 0 Å². The van der Waals surface area contributed by atoms with Crippen molar-refractivity contribution in [2.75, 3.05) is 0 Å². The van der Waals surface area contributed by atoms with Crippen molar-refractivity contribution >= 4 is 0 Å². The average Bonchev–Trinajstić information content (AvgIpc) is 1.80. The van der Waals surface area contributed by atoms with E-state index in [2.05, 4.69) is 0 Å². The van der Waals surface area contributed by atoms with Crippen LogP contribution in [0.2, 0.25) is 0 Å². The van der Waals surface area contributed by atoms with Crippen LogP contribution in [0, 0.1) is 5.92 Å². The lowest BCUT2D eigenvalue weighted by Gasteiger charge is -2.13. The molecule has 0 aromatic heterocycles. The van der Waals surface area contributed by atoms with Gasteiger partial charge in [-0.05, 0) is 6.08 Å². The highest BCUT2D eigenvalue weighted by Gasteiger charge is 2.07. The van der Waals surface area contributed by atoms with Gasteiger partial charge in [0, 0.05) is 5.92 Å². The van der Waals surface area contributed by atoms with Gasteiger partial charge in [0.25, 0.3) is 0 Å². The molecule has 0 spiro atoms. The highest BCUT2D eigenvalue weighted by Crippen LogP contribution is 2.13. The van der Waals surface area contributed by atoms with Gasteiger partial charge in [-0.1, -0.05) is 6.92 Å². The second-order valence-corrected chi connectivity index (χ2v) is 2.09. The minimum Gasteiger partial charge on any atom is -0.448 e. The predicted molar refractivity (Wildman–Crippen MR) is 34.8 cm³/mol. The third-order valence-corrected chi connectivity index (χ3v) is 1.27. The molecule has 0 saturated carbocycles. The Morgan fingerprint density at radius 1 is 1.56 bits per heavy atom. The van der Waals surface area contributed by atoms with Crippen LogP contribution >= 0.6 is 0 Å². The molecule has 3 heteroatoms. The highest BCUT2D eigenvalue weighted by atomic mass is 16.5. The molecule has 0 bridgehead atoms. The van der Waals surface area contributed by atoms with Gasteiger partial charge in [-0.3, -0.25) is 0 Å². The maximum Gasteiger partial charge on any atom is 0.186 e. The lowest BCUT2D eigenvalue weighted by atomic mass is 10.1. The molecule has 1 unspecified atom stereocenters. The van der Waals surface area contributed by atoms with Gasteiger partial charge in [0.1, 0.15) is 6.26 Å². The van der Waals surface area contributed by atoms with Crippen LogP contribution < -0.4 is 11.5 Å².